The Balaban J connectivity index is 2.12. The van der Waals surface area contributed by atoms with Crippen LogP contribution in [0.3, 0.4) is 0 Å². The van der Waals surface area contributed by atoms with E-state index in [4.69, 9.17) is 34.8 Å². The van der Waals surface area contributed by atoms with Gasteiger partial charge in [0.05, 0.1) is 16.0 Å². The van der Waals surface area contributed by atoms with Gasteiger partial charge in [0.25, 0.3) is 0 Å². The van der Waals surface area contributed by atoms with E-state index < -0.39 is 12.1 Å². The molecule has 2 rings (SSSR count). The van der Waals surface area contributed by atoms with Gasteiger partial charge < -0.3 is 4.90 Å². The Bertz CT molecular complexity index is 471. The summed E-state index contributed by atoms with van der Waals surface area (Å²) in [5, 5.41) is 0.611. The van der Waals surface area contributed by atoms with Gasteiger partial charge in [-0.05, 0) is 18.9 Å². The minimum Gasteiger partial charge on any atom is -0.355 e. The summed E-state index contributed by atoms with van der Waals surface area (Å²) in [6.07, 6.45) is -4.08. The molecular formula is C11H10Cl3F3N2. The maximum absolute atomic E-state index is 12.6. The third kappa shape index (κ3) is 3.38. The van der Waals surface area contributed by atoms with Crippen molar-refractivity contribution < 1.29 is 13.2 Å². The lowest BCUT2D eigenvalue weighted by molar-refractivity contribution is -0.179. The smallest absolute Gasteiger partial charge is 0.355 e. The van der Waals surface area contributed by atoms with Crippen LogP contribution in [-0.4, -0.2) is 24.2 Å². The number of nitrogens with zero attached hydrogens (tertiary/aromatic N) is 2. The highest BCUT2D eigenvalue weighted by molar-refractivity contribution is 6.42. The molecule has 1 aromatic heterocycles. The van der Waals surface area contributed by atoms with Crippen molar-refractivity contribution in [3.8, 4) is 0 Å². The van der Waals surface area contributed by atoms with Crippen LogP contribution in [0.25, 0.3) is 0 Å². The van der Waals surface area contributed by atoms with Crippen molar-refractivity contribution in [3.63, 3.8) is 0 Å². The molecule has 0 radical (unpaired) electrons. The molecule has 1 fully saturated rings. The molecule has 0 N–H and O–H groups in total. The number of hydrogen-bond donors (Lipinski definition) is 0. The molecule has 0 spiro atoms. The van der Waals surface area contributed by atoms with Gasteiger partial charge in [0.2, 0.25) is 0 Å². The van der Waals surface area contributed by atoms with Gasteiger partial charge in [-0.1, -0.05) is 34.8 Å². The van der Waals surface area contributed by atoms with E-state index in [9.17, 15) is 13.2 Å². The van der Waals surface area contributed by atoms with E-state index in [2.05, 4.69) is 4.98 Å². The summed E-state index contributed by atoms with van der Waals surface area (Å²) >= 11 is 17.6. The van der Waals surface area contributed by atoms with Crippen LogP contribution in [0.4, 0.5) is 19.0 Å². The molecule has 0 saturated carbocycles. The quantitative estimate of drug-likeness (QED) is 0.685. The van der Waals surface area contributed by atoms with Crippen molar-refractivity contribution >= 4 is 40.6 Å². The van der Waals surface area contributed by atoms with Crippen molar-refractivity contribution in [1.82, 2.24) is 4.98 Å². The SMILES string of the molecule is FC(F)(F)C1CCN(c2nc(Cl)c(Cl)cc2Cl)CC1. The van der Waals surface area contributed by atoms with E-state index in [0.29, 0.717) is 10.8 Å². The topological polar surface area (TPSA) is 16.1 Å². The van der Waals surface area contributed by atoms with E-state index in [1.165, 1.54) is 6.07 Å². The van der Waals surface area contributed by atoms with Crippen molar-refractivity contribution in [1.29, 1.82) is 0 Å². The van der Waals surface area contributed by atoms with Gasteiger partial charge in [-0.25, -0.2) is 4.98 Å². The molecule has 1 aliphatic heterocycles. The van der Waals surface area contributed by atoms with E-state index in [1.807, 2.05) is 0 Å². The number of anilines is 1. The number of alkyl halides is 3. The first-order valence-corrected chi connectivity index (χ1v) is 6.75. The van der Waals surface area contributed by atoms with Crippen LogP contribution >= 0.6 is 34.8 Å². The molecule has 0 unspecified atom stereocenters. The third-order valence-electron chi connectivity index (χ3n) is 3.13. The van der Waals surface area contributed by atoms with Crippen LogP contribution in [0, 0.1) is 5.92 Å². The van der Waals surface area contributed by atoms with Gasteiger partial charge in [0, 0.05) is 13.1 Å². The predicted molar refractivity (Wildman–Crippen MR) is 70.3 cm³/mol. The van der Waals surface area contributed by atoms with Gasteiger partial charge in [0.15, 0.2) is 0 Å². The Morgan fingerprint density at radius 1 is 1.11 bits per heavy atom. The van der Waals surface area contributed by atoms with E-state index in [-0.39, 0.29) is 36.1 Å². The lowest BCUT2D eigenvalue weighted by atomic mass is 9.96. The summed E-state index contributed by atoms with van der Waals surface area (Å²) < 4.78 is 37.7. The second-order valence-corrected chi connectivity index (χ2v) is 5.54. The number of piperidine rings is 1. The molecule has 106 valence electrons. The highest BCUT2D eigenvalue weighted by atomic mass is 35.5. The predicted octanol–water partition coefficient (Wildman–Crippen LogP) is 4.82. The molecule has 0 aliphatic carbocycles. The largest absolute Gasteiger partial charge is 0.391 e. The second kappa shape index (κ2) is 5.54. The summed E-state index contributed by atoms with van der Waals surface area (Å²) in [6, 6.07) is 1.45. The molecule has 0 atom stereocenters. The second-order valence-electron chi connectivity index (χ2n) is 4.37. The Kier molecular flexibility index (Phi) is 4.38. The molecule has 1 aromatic rings. The molecule has 8 heteroatoms. The van der Waals surface area contributed by atoms with Crippen LogP contribution < -0.4 is 4.90 Å². The summed E-state index contributed by atoms with van der Waals surface area (Å²) in [5.74, 6) is -0.873. The molecule has 2 heterocycles. The molecule has 1 aliphatic rings. The first-order chi connectivity index (χ1) is 8.79. The lowest BCUT2D eigenvalue weighted by Gasteiger charge is -2.34. The fourth-order valence-corrected chi connectivity index (χ4v) is 2.69. The average molecular weight is 334 g/mol. The van der Waals surface area contributed by atoms with Gasteiger partial charge in [-0.3, -0.25) is 0 Å². The monoisotopic (exact) mass is 332 g/mol. The Labute approximate surface area is 123 Å². The summed E-state index contributed by atoms with van der Waals surface area (Å²) in [6.45, 7) is 0.490. The van der Waals surface area contributed by atoms with Crippen molar-refractivity contribution in [2.75, 3.05) is 18.0 Å². The zero-order valence-corrected chi connectivity index (χ0v) is 11.9. The number of pyridine rings is 1. The number of hydrogen-bond acceptors (Lipinski definition) is 2. The van der Waals surface area contributed by atoms with Crippen molar-refractivity contribution in [2.24, 2.45) is 5.92 Å². The molecule has 1 saturated heterocycles. The van der Waals surface area contributed by atoms with Gasteiger partial charge in [-0.2, -0.15) is 13.2 Å². The summed E-state index contributed by atoms with van der Waals surface area (Å²) in [4.78, 5) is 5.73. The zero-order chi connectivity index (χ0) is 14.2. The standard InChI is InChI=1S/C11H10Cl3F3N2/c12-7-5-8(13)10(18-9(7)14)19-3-1-6(2-4-19)11(15,16)17/h5-6H,1-4H2. The summed E-state index contributed by atoms with van der Waals surface area (Å²) in [7, 11) is 0. The molecule has 0 bridgehead atoms. The van der Waals surface area contributed by atoms with Crippen LogP contribution in [-0.2, 0) is 0 Å². The number of rotatable bonds is 1. The highest BCUT2D eigenvalue weighted by Gasteiger charge is 2.41. The van der Waals surface area contributed by atoms with Gasteiger partial charge in [-0.15, -0.1) is 0 Å². The van der Waals surface area contributed by atoms with Crippen LogP contribution in [0.2, 0.25) is 15.2 Å². The maximum atomic E-state index is 12.6. The first kappa shape index (κ1) is 15.0. The van der Waals surface area contributed by atoms with Crippen molar-refractivity contribution in [2.45, 2.75) is 19.0 Å². The van der Waals surface area contributed by atoms with Gasteiger partial charge >= 0.3 is 6.18 Å². The van der Waals surface area contributed by atoms with E-state index in [0.717, 1.165) is 0 Å². The van der Waals surface area contributed by atoms with Gasteiger partial charge in [0.1, 0.15) is 11.0 Å². The summed E-state index contributed by atoms with van der Waals surface area (Å²) in [5.41, 5.74) is 0. The first-order valence-electron chi connectivity index (χ1n) is 5.62. The minimum absolute atomic E-state index is 0.0295. The fourth-order valence-electron chi connectivity index (χ4n) is 2.08. The van der Waals surface area contributed by atoms with Crippen molar-refractivity contribution in [3.05, 3.63) is 21.3 Å². The van der Waals surface area contributed by atoms with Crippen LogP contribution in [0.15, 0.2) is 6.07 Å². The Hall–Kier alpha value is -0.390. The number of aromatic nitrogens is 1. The molecule has 0 aromatic carbocycles. The molecule has 2 nitrogen and oxygen atoms in total. The normalized spacial score (nSPS) is 17.9. The number of halogens is 6. The molecule has 0 amide bonds. The molecular weight excluding hydrogens is 323 g/mol. The van der Waals surface area contributed by atoms with Crippen LogP contribution in [0.5, 0.6) is 0 Å². The average Bonchev–Trinajstić information content (AvgIpc) is 2.33. The van der Waals surface area contributed by atoms with E-state index in [1.54, 1.807) is 4.90 Å². The zero-order valence-electron chi connectivity index (χ0n) is 9.65. The Morgan fingerprint density at radius 2 is 1.68 bits per heavy atom. The lowest BCUT2D eigenvalue weighted by Crippen LogP contribution is -2.39. The Morgan fingerprint density at radius 3 is 2.21 bits per heavy atom. The fraction of sp³-hybridized carbons (Fsp3) is 0.545. The third-order valence-corrected chi connectivity index (χ3v) is 4.08. The highest BCUT2D eigenvalue weighted by Crippen LogP contribution is 2.37. The van der Waals surface area contributed by atoms with Crippen LogP contribution in [0.1, 0.15) is 12.8 Å². The molecule has 19 heavy (non-hydrogen) atoms. The van der Waals surface area contributed by atoms with E-state index >= 15 is 0 Å². The maximum Gasteiger partial charge on any atom is 0.391 e. The minimum atomic E-state index is -4.14.